The highest BCUT2D eigenvalue weighted by atomic mass is 16.5. The van der Waals surface area contributed by atoms with Crippen molar-refractivity contribution in [2.45, 2.75) is 32.4 Å². The number of aromatic nitrogens is 3. The Bertz CT molecular complexity index is 974. The van der Waals surface area contributed by atoms with Crippen molar-refractivity contribution in [1.82, 2.24) is 24.9 Å². The Morgan fingerprint density at radius 3 is 2.62 bits per heavy atom. The third-order valence-corrected chi connectivity index (χ3v) is 5.63. The fourth-order valence-corrected chi connectivity index (χ4v) is 3.86. The van der Waals surface area contributed by atoms with Gasteiger partial charge in [-0.25, -0.2) is 0 Å². The van der Waals surface area contributed by atoms with Gasteiger partial charge in [0.1, 0.15) is 0 Å². The molecule has 3 heterocycles. The summed E-state index contributed by atoms with van der Waals surface area (Å²) in [7, 11) is 0. The van der Waals surface area contributed by atoms with Crippen molar-refractivity contribution in [2.24, 2.45) is 0 Å². The molecular weight excluding hydrogens is 406 g/mol. The van der Waals surface area contributed by atoms with Gasteiger partial charge in [0, 0.05) is 63.0 Å². The molecule has 168 valence electrons. The fourth-order valence-electron chi connectivity index (χ4n) is 3.86. The molecular formula is C24H29N5O3. The van der Waals surface area contributed by atoms with E-state index in [0.717, 1.165) is 44.0 Å². The molecule has 2 aromatic heterocycles. The highest BCUT2D eigenvalue weighted by Gasteiger charge is 2.24. The van der Waals surface area contributed by atoms with Crippen LogP contribution in [0.15, 0.2) is 59.4 Å². The standard InChI is InChI=1S/C24H29N5O3/c1-19(17-28-13-15-31-16-14-28)29(18-20-5-3-2-4-6-20)23(30)8-7-22-26-24(27-32-22)21-9-11-25-12-10-21/h2-6,9-12,19H,7-8,13-18H2,1H3. The number of hydrogen-bond acceptors (Lipinski definition) is 7. The van der Waals surface area contributed by atoms with E-state index < -0.39 is 0 Å². The third-order valence-electron chi connectivity index (χ3n) is 5.63. The molecule has 1 amide bonds. The maximum atomic E-state index is 13.3. The van der Waals surface area contributed by atoms with Crippen LogP contribution in [0.25, 0.3) is 11.4 Å². The summed E-state index contributed by atoms with van der Waals surface area (Å²) in [6.07, 6.45) is 4.10. The van der Waals surface area contributed by atoms with E-state index >= 15 is 0 Å². The number of pyridine rings is 1. The lowest BCUT2D eigenvalue weighted by Crippen LogP contribution is -2.48. The van der Waals surface area contributed by atoms with Crippen LogP contribution in [-0.2, 0) is 22.5 Å². The average Bonchev–Trinajstić information content (AvgIpc) is 3.32. The van der Waals surface area contributed by atoms with Crippen molar-refractivity contribution in [2.75, 3.05) is 32.8 Å². The molecule has 1 saturated heterocycles. The van der Waals surface area contributed by atoms with Crippen LogP contribution in [0.3, 0.4) is 0 Å². The van der Waals surface area contributed by atoms with Gasteiger partial charge in [0.25, 0.3) is 0 Å². The molecule has 1 aromatic carbocycles. The summed E-state index contributed by atoms with van der Waals surface area (Å²) < 4.78 is 10.8. The van der Waals surface area contributed by atoms with Crippen LogP contribution in [0, 0.1) is 0 Å². The van der Waals surface area contributed by atoms with Crippen LogP contribution < -0.4 is 0 Å². The number of amides is 1. The molecule has 0 bridgehead atoms. The molecule has 1 aliphatic heterocycles. The highest BCUT2D eigenvalue weighted by molar-refractivity contribution is 5.76. The molecule has 0 saturated carbocycles. The molecule has 4 rings (SSSR count). The van der Waals surface area contributed by atoms with Crippen LogP contribution in [0.2, 0.25) is 0 Å². The Kier molecular flexibility index (Phi) is 7.58. The van der Waals surface area contributed by atoms with Gasteiger partial charge in [-0.2, -0.15) is 4.98 Å². The minimum atomic E-state index is 0.0795. The number of rotatable bonds is 9. The second-order valence-corrected chi connectivity index (χ2v) is 8.02. The largest absolute Gasteiger partial charge is 0.379 e. The highest BCUT2D eigenvalue weighted by Crippen LogP contribution is 2.17. The molecule has 0 radical (unpaired) electrons. The molecule has 8 nitrogen and oxygen atoms in total. The van der Waals surface area contributed by atoms with Gasteiger partial charge in [0.15, 0.2) is 0 Å². The Morgan fingerprint density at radius 1 is 1.12 bits per heavy atom. The van der Waals surface area contributed by atoms with Crippen LogP contribution in [0.5, 0.6) is 0 Å². The lowest BCUT2D eigenvalue weighted by atomic mass is 10.1. The van der Waals surface area contributed by atoms with E-state index in [1.165, 1.54) is 0 Å². The summed E-state index contributed by atoms with van der Waals surface area (Å²) in [6, 6.07) is 13.8. The quantitative estimate of drug-likeness (QED) is 0.511. The van der Waals surface area contributed by atoms with Gasteiger partial charge < -0.3 is 14.2 Å². The Labute approximate surface area is 188 Å². The second kappa shape index (κ2) is 11.0. The van der Waals surface area contributed by atoms with Gasteiger partial charge in [-0.05, 0) is 24.6 Å². The van der Waals surface area contributed by atoms with Gasteiger partial charge in [-0.15, -0.1) is 0 Å². The Balaban J connectivity index is 1.40. The number of morpholine rings is 1. The molecule has 8 heteroatoms. The topological polar surface area (TPSA) is 84.6 Å². The summed E-state index contributed by atoms with van der Waals surface area (Å²) in [5.74, 6) is 1.06. The Hall–Kier alpha value is -3.10. The molecule has 1 unspecified atom stereocenters. The number of nitrogens with zero attached hydrogens (tertiary/aromatic N) is 5. The van der Waals surface area contributed by atoms with E-state index in [1.807, 2.05) is 35.2 Å². The number of carbonyl (C=O) groups excluding carboxylic acids is 1. The molecule has 0 N–H and O–H groups in total. The first-order chi connectivity index (χ1) is 15.7. The first-order valence-electron chi connectivity index (χ1n) is 11.1. The van der Waals surface area contributed by atoms with Gasteiger partial charge in [-0.1, -0.05) is 35.5 Å². The van der Waals surface area contributed by atoms with Crippen LogP contribution in [0.4, 0.5) is 0 Å². The van der Waals surface area contributed by atoms with E-state index in [1.54, 1.807) is 12.4 Å². The van der Waals surface area contributed by atoms with Crippen molar-refractivity contribution in [3.8, 4) is 11.4 Å². The van der Waals surface area contributed by atoms with Gasteiger partial charge in [-0.3, -0.25) is 14.7 Å². The molecule has 1 fully saturated rings. The van der Waals surface area contributed by atoms with E-state index in [4.69, 9.17) is 9.26 Å². The lowest BCUT2D eigenvalue weighted by molar-refractivity contribution is -0.134. The van der Waals surface area contributed by atoms with Gasteiger partial charge in [0.05, 0.1) is 13.2 Å². The molecule has 0 aliphatic carbocycles. The summed E-state index contributed by atoms with van der Waals surface area (Å²) in [5.41, 5.74) is 1.96. The number of carbonyl (C=O) groups is 1. The zero-order chi connectivity index (χ0) is 22.2. The van der Waals surface area contributed by atoms with Crippen LogP contribution >= 0.6 is 0 Å². The van der Waals surface area contributed by atoms with Crippen molar-refractivity contribution in [1.29, 1.82) is 0 Å². The molecule has 32 heavy (non-hydrogen) atoms. The number of benzene rings is 1. The summed E-state index contributed by atoms with van der Waals surface area (Å²) in [6.45, 7) is 6.82. The first kappa shape index (κ1) is 22.1. The normalized spacial score (nSPS) is 15.4. The monoisotopic (exact) mass is 435 g/mol. The number of aryl methyl sites for hydroxylation is 1. The fraction of sp³-hybridized carbons (Fsp3) is 0.417. The van der Waals surface area contributed by atoms with Gasteiger partial charge >= 0.3 is 0 Å². The van der Waals surface area contributed by atoms with E-state index in [9.17, 15) is 4.79 Å². The molecule has 0 spiro atoms. The Morgan fingerprint density at radius 2 is 1.88 bits per heavy atom. The molecule has 3 aromatic rings. The SMILES string of the molecule is CC(CN1CCOCC1)N(Cc1ccccc1)C(=O)CCc1nc(-c2ccncc2)no1. The van der Waals surface area contributed by atoms with E-state index in [0.29, 0.717) is 31.1 Å². The second-order valence-electron chi connectivity index (χ2n) is 8.02. The zero-order valence-electron chi connectivity index (χ0n) is 18.4. The zero-order valence-corrected chi connectivity index (χ0v) is 18.4. The van der Waals surface area contributed by atoms with Crippen molar-refractivity contribution >= 4 is 5.91 Å². The summed E-state index contributed by atoms with van der Waals surface area (Å²) >= 11 is 0. The third kappa shape index (κ3) is 5.99. The van der Waals surface area contributed by atoms with E-state index in [2.05, 4.69) is 39.1 Å². The van der Waals surface area contributed by atoms with E-state index in [-0.39, 0.29) is 11.9 Å². The van der Waals surface area contributed by atoms with Crippen molar-refractivity contribution in [3.05, 3.63) is 66.3 Å². The van der Waals surface area contributed by atoms with Crippen LogP contribution in [-0.4, -0.2) is 69.7 Å². The lowest BCUT2D eigenvalue weighted by Gasteiger charge is -2.35. The first-order valence-corrected chi connectivity index (χ1v) is 11.1. The van der Waals surface area contributed by atoms with Gasteiger partial charge in [0.2, 0.25) is 17.6 Å². The summed E-state index contributed by atoms with van der Waals surface area (Å²) in [4.78, 5) is 26.0. The molecule has 1 aliphatic rings. The summed E-state index contributed by atoms with van der Waals surface area (Å²) in [5, 5.41) is 4.03. The predicted octanol–water partition coefficient (Wildman–Crippen LogP) is 2.81. The minimum absolute atomic E-state index is 0.0795. The molecule has 1 atom stereocenters. The number of ether oxygens (including phenoxy) is 1. The van der Waals surface area contributed by atoms with Crippen molar-refractivity contribution < 1.29 is 14.1 Å². The average molecular weight is 436 g/mol. The smallest absolute Gasteiger partial charge is 0.227 e. The predicted molar refractivity (Wildman–Crippen MR) is 120 cm³/mol. The minimum Gasteiger partial charge on any atom is -0.379 e. The maximum Gasteiger partial charge on any atom is 0.227 e. The maximum absolute atomic E-state index is 13.3. The van der Waals surface area contributed by atoms with Crippen molar-refractivity contribution in [3.63, 3.8) is 0 Å². The number of hydrogen-bond donors (Lipinski definition) is 0. The van der Waals surface area contributed by atoms with Crippen LogP contribution in [0.1, 0.15) is 24.8 Å².